The van der Waals surface area contributed by atoms with E-state index in [-0.39, 0.29) is 0 Å². The van der Waals surface area contributed by atoms with Crippen LogP contribution in [-0.2, 0) is 16.6 Å². The van der Waals surface area contributed by atoms with E-state index in [2.05, 4.69) is 16.0 Å². The van der Waals surface area contributed by atoms with Crippen LogP contribution in [0.2, 0.25) is 0 Å². The van der Waals surface area contributed by atoms with Crippen molar-refractivity contribution in [3.63, 3.8) is 0 Å². The summed E-state index contributed by atoms with van der Waals surface area (Å²) < 4.78 is 5.09. The molecule has 78 valence electrons. The van der Waals surface area contributed by atoms with E-state index in [1.54, 1.807) is 0 Å². The standard InChI is InChI=1S/C11H13N3O/c1-3-9-4-8(2)13-10(14-9)11(5-12)6-15-7-11/h4H,3,6-7H2,1-2H3. The average molecular weight is 203 g/mol. The quantitative estimate of drug-likeness (QED) is 0.723. The average Bonchev–Trinajstić information content (AvgIpc) is 2.16. The van der Waals surface area contributed by atoms with Gasteiger partial charge in [-0.3, -0.25) is 0 Å². The number of hydrogen-bond donors (Lipinski definition) is 0. The molecule has 1 aromatic rings. The Morgan fingerprint density at radius 1 is 1.53 bits per heavy atom. The molecule has 1 saturated heterocycles. The van der Waals surface area contributed by atoms with Crippen molar-refractivity contribution in [2.24, 2.45) is 0 Å². The molecule has 0 unspecified atom stereocenters. The molecular formula is C11H13N3O. The van der Waals surface area contributed by atoms with Crippen molar-refractivity contribution in [3.8, 4) is 6.07 Å². The Morgan fingerprint density at radius 2 is 2.27 bits per heavy atom. The molecule has 0 atom stereocenters. The number of rotatable bonds is 2. The minimum absolute atomic E-state index is 0.413. The predicted octanol–water partition coefficient (Wildman–Crippen LogP) is 1.14. The molecule has 0 amide bonds. The number of hydrogen-bond acceptors (Lipinski definition) is 4. The van der Waals surface area contributed by atoms with Gasteiger partial charge in [0, 0.05) is 11.4 Å². The van der Waals surface area contributed by atoms with Gasteiger partial charge >= 0.3 is 0 Å². The molecule has 0 radical (unpaired) electrons. The lowest BCUT2D eigenvalue weighted by atomic mass is 9.86. The summed E-state index contributed by atoms with van der Waals surface area (Å²) in [4.78, 5) is 8.74. The van der Waals surface area contributed by atoms with Crippen LogP contribution < -0.4 is 0 Å². The van der Waals surface area contributed by atoms with Gasteiger partial charge in [0.05, 0.1) is 19.3 Å². The Hall–Kier alpha value is -1.47. The van der Waals surface area contributed by atoms with Crippen molar-refractivity contribution in [2.45, 2.75) is 25.7 Å². The van der Waals surface area contributed by atoms with Crippen molar-refractivity contribution >= 4 is 0 Å². The summed E-state index contributed by atoms with van der Waals surface area (Å²) >= 11 is 0. The Bertz CT molecular complexity index is 418. The first-order valence-corrected chi connectivity index (χ1v) is 5.04. The van der Waals surface area contributed by atoms with E-state index in [1.165, 1.54) is 0 Å². The predicted molar refractivity (Wildman–Crippen MR) is 54.3 cm³/mol. The van der Waals surface area contributed by atoms with Crippen LogP contribution in [0.3, 0.4) is 0 Å². The van der Waals surface area contributed by atoms with E-state index in [9.17, 15) is 0 Å². The van der Waals surface area contributed by atoms with Crippen molar-refractivity contribution in [1.82, 2.24) is 9.97 Å². The van der Waals surface area contributed by atoms with Crippen LogP contribution in [-0.4, -0.2) is 23.2 Å². The van der Waals surface area contributed by atoms with Gasteiger partial charge in [0.15, 0.2) is 11.2 Å². The molecule has 1 fully saturated rings. The summed E-state index contributed by atoms with van der Waals surface area (Å²) in [6.07, 6.45) is 0.860. The van der Waals surface area contributed by atoms with Gasteiger partial charge in [-0.15, -0.1) is 0 Å². The maximum Gasteiger partial charge on any atom is 0.163 e. The normalized spacial score (nSPS) is 17.9. The molecule has 2 rings (SSSR count). The zero-order valence-electron chi connectivity index (χ0n) is 8.95. The zero-order valence-corrected chi connectivity index (χ0v) is 8.95. The molecule has 0 aliphatic carbocycles. The molecule has 1 aliphatic heterocycles. The van der Waals surface area contributed by atoms with Crippen LogP contribution in [0.4, 0.5) is 0 Å². The number of nitriles is 1. The fraction of sp³-hybridized carbons (Fsp3) is 0.545. The number of nitrogens with zero attached hydrogens (tertiary/aromatic N) is 3. The van der Waals surface area contributed by atoms with Gasteiger partial charge in [0.2, 0.25) is 0 Å². The Labute approximate surface area is 88.9 Å². The SMILES string of the molecule is CCc1cc(C)nc(C2(C#N)COC2)n1. The fourth-order valence-corrected chi connectivity index (χ4v) is 1.58. The van der Waals surface area contributed by atoms with Crippen LogP contribution in [0.25, 0.3) is 0 Å². The van der Waals surface area contributed by atoms with Gasteiger partial charge in [0.1, 0.15) is 0 Å². The van der Waals surface area contributed by atoms with Crippen LogP contribution in [0, 0.1) is 18.3 Å². The summed E-state index contributed by atoms with van der Waals surface area (Å²) in [5.74, 6) is 0.619. The van der Waals surface area contributed by atoms with Crippen molar-refractivity contribution in [3.05, 3.63) is 23.3 Å². The van der Waals surface area contributed by atoms with Crippen LogP contribution >= 0.6 is 0 Å². The van der Waals surface area contributed by atoms with Gasteiger partial charge in [-0.25, -0.2) is 9.97 Å². The third-order valence-electron chi connectivity index (χ3n) is 2.61. The summed E-state index contributed by atoms with van der Waals surface area (Å²) in [7, 11) is 0. The van der Waals surface area contributed by atoms with Crippen LogP contribution in [0.15, 0.2) is 6.07 Å². The molecular weight excluding hydrogens is 190 g/mol. The molecule has 0 N–H and O–H groups in total. The summed E-state index contributed by atoms with van der Waals surface area (Å²) in [6.45, 7) is 4.79. The van der Waals surface area contributed by atoms with E-state index in [4.69, 9.17) is 10.00 Å². The third kappa shape index (κ3) is 1.59. The molecule has 15 heavy (non-hydrogen) atoms. The zero-order chi connectivity index (χ0) is 10.9. The highest BCUT2D eigenvalue weighted by Crippen LogP contribution is 2.29. The minimum atomic E-state index is -0.601. The Kier molecular flexibility index (Phi) is 2.41. The van der Waals surface area contributed by atoms with Gasteiger partial charge in [-0.05, 0) is 19.4 Å². The van der Waals surface area contributed by atoms with E-state index >= 15 is 0 Å². The lowest BCUT2D eigenvalue weighted by Crippen LogP contribution is -2.47. The second-order valence-corrected chi connectivity index (χ2v) is 3.86. The van der Waals surface area contributed by atoms with E-state index in [0.717, 1.165) is 17.8 Å². The summed E-state index contributed by atoms with van der Waals surface area (Å²) in [5, 5.41) is 9.13. The maximum absolute atomic E-state index is 9.13. The number of ether oxygens (including phenoxy) is 1. The smallest absolute Gasteiger partial charge is 0.163 e. The Morgan fingerprint density at radius 3 is 2.73 bits per heavy atom. The molecule has 4 heteroatoms. The van der Waals surface area contributed by atoms with Crippen LogP contribution in [0.5, 0.6) is 0 Å². The van der Waals surface area contributed by atoms with Gasteiger partial charge < -0.3 is 4.74 Å². The van der Waals surface area contributed by atoms with Gasteiger partial charge in [0.25, 0.3) is 0 Å². The molecule has 0 aromatic carbocycles. The second kappa shape index (κ2) is 3.59. The summed E-state index contributed by atoms with van der Waals surface area (Å²) in [6, 6.07) is 4.21. The van der Waals surface area contributed by atoms with E-state index in [0.29, 0.717) is 19.0 Å². The fourth-order valence-electron chi connectivity index (χ4n) is 1.58. The largest absolute Gasteiger partial charge is 0.377 e. The molecule has 0 bridgehead atoms. The van der Waals surface area contributed by atoms with E-state index < -0.39 is 5.41 Å². The molecule has 1 aliphatic rings. The highest BCUT2D eigenvalue weighted by molar-refractivity contribution is 5.27. The van der Waals surface area contributed by atoms with Gasteiger partial charge in [-0.2, -0.15) is 5.26 Å². The second-order valence-electron chi connectivity index (χ2n) is 3.86. The third-order valence-corrected chi connectivity index (χ3v) is 2.61. The molecule has 2 heterocycles. The highest BCUT2D eigenvalue weighted by Gasteiger charge is 2.44. The van der Waals surface area contributed by atoms with E-state index in [1.807, 2.05) is 19.9 Å². The van der Waals surface area contributed by atoms with Gasteiger partial charge in [-0.1, -0.05) is 6.92 Å². The lowest BCUT2D eigenvalue weighted by Gasteiger charge is -2.33. The number of aryl methyl sites for hydroxylation is 2. The van der Waals surface area contributed by atoms with Crippen molar-refractivity contribution in [1.29, 1.82) is 5.26 Å². The first-order chi connectivity index (χ1) is 7.20. The maximum atomic E-state index is 9.13. The highest BCUT2D eigenvalue weighted by atomic mass is 16.5. The van der Waals surface area contributed by atoms with Crippen molar-refractivity contribution in [2.75, 3.05) is 13.2 Å². The Balaban J connectivity index is 2.44. The molecule has 0 saturated carbocycles. The van der Waals surface area contributed by atoms with Crippen LogP contribution in [0.1, 0.15) is 24.1 Å². The monoisotopic (exact) mass is 203 g/mol. The lowest BCUT2D eigenvalue weighted by molar-refractivity contribution is -0.0340. The molecule has 4 nitrogen and oxygen atoms in total. The number of aromatic nitrogens is 2. The first kappa shape index (κ1) is 10.1. The molecule has 0 spiro atoms. The first-order valence-electron chi connectivity index (χ1n) is 5.04. The molecule has 1 aromatic heterocycles. The van der Waals surface area contributed by atoms with Crippen molar-refractivity contribution < 1.29 is 4.74 Å². The minimum Gasteiger partial charge on any atom is -0.377 e. The summed E-state index contributed by atoms with van der Waals surface area (Å²) in [5.41, 5.74) is 1.30. The topological polar surface area (TPSA) is 58.8 Å².